The van der Waals surface area contributed by atoms with Crippen LogP contribution in [0, 0.1) is 11.6 Å². The van der Waals surface area contributed by atoms with Crippen molar-refractivity contribution in [3.8, 4) is 11.4 Å². The molecular formula is C52H68B3BrF2N8O12S2. The third-order valence-electron chi connectivity index (χ3n) is 15.5. The highest BCUT2D eigenvalue weighted by atomic mass is 79.9. The summed E-state index contributed by atoms with van der Waals surface area (Å²) in [5.74, 6) is -1.62. The number of nitrogens with zero attached hydrogens (tertiary/aromatic N) is 6. The first-order chi connectivity index (χ1) is 36.7. The second-order valence-electron chi connectivity index (χ2n) is 22.7. The topological polar surface area (TPSA) is 224 Å². The lowest BCUT2D eigenvalue weighted by molar-refractivity contribution is 0.00578. The fourth-order valence-corrected chi connectivity index (χ4v) is 10.2. The Morgan fingerprint density at radius 2 is 0.850 bits per heavy atom. The third kappa shape index (κ3) is 12.1. The summed E-state index contributed by atoms with van der Waals surface area (Å²) in [6, 6.07) is 17.6. The Bertz CT molecular complexity index is 3520. The van der Waals surface area contributed by atoms with Crippen molar-refractivity contribution in [3.63, 3.8) is 0 Å². The normalized spacial score (nSPS) is 18.6. The third-order valence-corrected chi connectivity index (χ3v) is 18.6. The molecule has 2 aromatic heterocycles. The van der Waals surface area contributed by atoms with Gasteiger partial charge < -0.3 is 38.6 Å². The number of nitrogens with one attached hydrogen (secondary N) is 2. The Morgan fingerprint density at radius 3 is 1.19 bits per heavy atom. The van der Waals surface area contributed by atoms with Crippen LogP contribution in [-0.4, -0.2) is 144 Å². The molecule has 80 heavy (non-hydrogen) atoms. The minimum Gasteiger partial charge on any atom is -0.405 e. The number of rotatable bonds is 10. The van der Waals surface area contributed by atoms with E-state index in [4.69, 9.17) is 27.9 Å². The number of sulfonamides is 2. The summed E-state index contributed by atoms with van der Waals surface area (Å²) < 4.78 is 117. The van der Waals surface area contributed by atoms with Gasteiger partial charge in [-0.1, -0.05) is 0 Å². The minimum atomic E-state index is -3.65. The number of hydrogen-bond donors (Lipinski definition) is 2. The van der Waals surface area contributed by atoms with Gasteiger partial charge in [-0.3, -0.25) is 18.2 Å². The SMILES string of the molecule is CC1(C)OB(B2OC(C)(C)C(C)(C)O2)OC1(C)C.CNC(=O)c1c2cc(B3OC(C)(C)C(C)(C)O3)c(N(C)S(C)(=O)=O)cc2nn1-c1ccc(F)cc1.CNC(=O)c1c2cc(Br)c(N(C)S(C)(=O)=O)cc2nn1-c1ccc(F)cc1. The summed E-state index contributed by atoms with van der Waals surface area (Å²) >= 11 is 3.37. The maximum Gasteiger partial charge on any atom is 0.497 e. The van der Waals surface area contributed by atoms with Gasteiger partial charge in [0.05, 0.1) is 79.9 Å². The fraction of sp³-hybridized carbons (Fsp3) is 0.462. The summed E-state index contributed by atoms with van der Waals surface area (Å²) in [7, 11) is -3.12. The molecule has 0 unspecified atom stereocenters. The van der Waals surface area contributed by atoms with Crippen LogP contribution < -0.4 is 24.7 Å². The van der Waals surface area contributed by atoms with Crippen molar-refractivity contribution in [1.29, 1.82) is 0 Å². The molecule has 3 saturated heterocycles. The van der Waals surface area contributed by atoms with E-state index in [0.29, 0.717) is 54.5 Å². The number of amides is 2. The van der Waals surface area contributed by atoms with Crippen molar-refractivity contribution < 1.29 is 63.1 Å². The first kappa shape index (κ1) is 62.2. The van der Waals surface area contributed by atoms with Gasteiger partial charge in [-0.25, -0.2) is 35.0 Å². The van der Waals surface area contributed by atoms with Gasteiger partial charge >= 0.3 is 21.1 Å². The fourth-order valence-electron chi connectivity index (χ4n) is 8.47. The number of aromatic nitrogens is 4. The van der Waals surface area contributed by atoms with Crippen LogP contribution in [0.4, 0.5) is 20.2 Å². The van der Waals surface area contributed by atoms with Crippen molar-refractivity contribution in [2.75, 3.05) is 49.3 Å². The standard InChI is InChI=1S/C23H28BFN4O5S.C17H16BrFN4O3S.C12H24B2O4/c1-22(2)23(3,4)34-24(33-22)17-12-16-18(13-19(17)28(6)35(7,31)32)27-29(20(16)21(30)26-5)15-10-8-14(25)9-11-15;1-20-17(24)16-12-8-13(18)15(22(2)27(3,25)26)9-14(12)21-23(16)11-6-4-10(19)5-7-11;1-9(2)10(3,4)16-13(15-9)14-17-11(5,6)12(7,8)18-14/h8-13H,1-7H3,(H,26,30);4-9H,1-3H3,(H,20,24);1-8H3. The van der Waals surface area contributed by atoms with Crippen LogP contribution in [0.3, 0.4) is 0 Å². The van der Waals surface area contributed by atoms with Gasteiger partial charge in [0.2, 0.25) is 20.0 Å². The van der Waals surface area contributed by atoms with Gasteiger partial charge in [0.25, 0.3) is 11.8 Å². The van der Waals surface area contributed by atoms with Gasteiger partial charge in [-0.15, -0.1) is 0 Å². The quantitative estimate of drug-likeness (QED) is 0.130. The van der Waals surface area contributed by atoms with Crippen molar-refractivity contribution in [2.24, 2.45) is 0 Å². The van der Waals surface area contributed by atoms with E-state index < -0.39 is 69.9 Å². The molecule has 9 rings (SSSR count). The van der Waals surface area contributed by atoms with E-state index >= 15 is 0 Å². The lowest BCUT2D eigenvalue weighted by atomic mass is 9.49. The molecule has 0 radical (unpaired) electrons. The summed E-state index contributed by atoms with van der Waals surface area (Å²) in [6.45, 7) is 23.8. The van der Waals surface area contributed by atoms with Gasteiger partial charge in [-0.05, 0) is 172 Å². The van der Waals surface area contributed by atoms with Crippen molar-refractivity contribution in [2.45, 2.75) is 117 Å². The molecular weight excluding hydrogens is 1140 g/mol. The van der Waals surface area contributed by atoms with Crippen molar-refractivity contribution in [3.05, 3.63) is 100 Å². The summed E-state index contributed by atoms with van der Waals surface area (Å²) in [5, 5.41) is 15.2. The average molecular weight is 1210 g/mol. The number of halogens is 3. The van der Waals surface area contributed by atoms with E-state index in [1.807, 2.05) is 83.1 Å². The van der Waals surface area contributed by atoms with E-state index in [0.717, 1.165) is 21.1 Å². The Kier molecular flexibility index (Phi) is 16.9. The number of fused-ring (bicyclic) bond motifs is 2. The van der Waals surface area contributed by atoms with E-state index in [1.54, 1.807) is 24.3 Å². The highest BCUT2D eigenvalue weighted by Crippen LogP contribution is 2.44. The van der Waals surface area contributed by atoms with Crippen LogP contribution in [0.5, 0.6) is 0 Å². The maximum absolute atomic E-state index is 13.5. The number of carbonyl (C=O) groups is 2. The Morgan fingerprint density at radius 1 is 0.537 bits per heavy atom. The molecule has 4 aromatic carbocycles. The van der Waals surface area contributed by atoms with Crippen molar-refractivity contribution >= 4 is 108 Å². The van der Waals surface area contributed by atoms with Crippen LogP contribution >= 0.6 is 15.9 Å². The monoisotopic (exact) mass is 1210 g/mol. The molecule has 0 spiro atoms. The summed E-state index contributed by atoms with van der Waals surface area (Å²) in [5.41, 5.74) is 0.586. The average Bonchev–Trinajstić information content (AvgIpc) is 4.32. The first-order valence-electron chi connectivity index (χ1n) is 25.4. The summed E-state index contributed by atoms with van der Waals surface area (Å²) in [6.07, 6.45) is 2.19. The molecule has 20 nitrogen and oxygen atoms in total. The lowest BCUT2D eigenvalue weighted by Gasteiger charge is -2.32. The summed E-state index contributed by atoms with van der Waals surface area (Å²) in [4.78, 5) is 25.4. The number of anilines is 2. The van der Waals surface area contributed by atoms with E-state index in [9.17, 15) is 35.2 Å². The van der Waals surface area contributed by atoms with E-state index in [2.05, 4.69) is 36.8 Å². The molecule has 0 aliphatic carbocycles. The minimum absolute atomic E-state index is 0.209. The second kappa shape index (κ2) is 21.7. The van der Waals surface area contributed by atoms with Gasteiger partial charge in [0.1, 0.15) is 23.0 Å². The molecule has 2 amide bonds. The molecule has 3 aliphatic heterocycles. The van der Waals surface area contributed by atoms with Crippen molar-refractivity contribution in [1.82, 2.24) is 30.2 Å². The molecule has 28 heteroatoms. The Balaban J connectivity index is 0.000000183. The molecule has 430 valence electrons. The zero-order chi connectivity index (χ0) is 59.8. The van der Waals surface area contributed by atoms with Crippen LogP contribution in [-0.2, 0) is 48.0 Å². The highest BCUT2D eigenvalue weighted by molar-refractivity contribution is 9.10. The Labute approximate surface area is 476 Å². The molecule has 2 N–H and O–H groups in total. The van der Waals surface area contributed by atoms with Crippen LogP contribution in [0.1, 0.15) is 104 Å². The van der Waals surface area contributed by atoms with E-state index in [-0.39, 0.29) is 39.7 Å². The molecule has 6 aromatic rings. The second-order valence-corrected chi connectivity index (χ2v) is 27.6. The van der Waals surface area contributed by atoms with Crippen LogP contribution in [0.15, 0.2) is 77.3 Å². The van der Waals surface area contributed by atoms with Crippen LogP contribution in [0.2, 0.25) is 0 Å². The first-order valence-corrected chi connectivity index (χ1v) is 29.9. The zero-order valence-electron chi connectivity index (χ0n) is 48.2. The molecule has 0 atom stereocenters. The molecule has 5 heterocycles. The van der Waals surface area contributed by atoms with Gasteiger partial charge in [0.15, 0.2) is 0 Å². The van der Waals surface area contributed by atoms with Gasteiger partial charge in [0, 0.05) is 48.9 Å². The predicted molar refractivity (Wildman–Crippen MR) is 311 cm³/mol. The smallest absolute Gasteiger partial charge is 0.405 e. The molecule has 3 fully saturated rings. The largest absolute Gasteiger partial charge is 0.497 e. The Hall–Kier alpha value is -5.45. The molecule has 3 aliphatic rings. The number of benzene rings is 4. The number of carbonyl (C=O) groups excluding carboxylic acids is 2. The number of hydrogen-bond acceptors (Lipinski definition) is 14. The van der Waals surface area contributed by atoms with Crippen LogP contribution in [0.25, 0.3) is 33.2 Å². The predicted octanol–water partition coefficient (Wildman–Crippen LogP) is 7.15. The van der Waals surface area contributed by atoms with E-state index in [1.165, 1.54) is 86.1 Å². The molecule has 0 saturated carbocycles. The highest BCUT2D eigenvalue weighted by Gasteiger charge is 2.64. The van der Waals surface area contributed by atoms with Gasteiger partial charge in [-0.2, -0.15) is 10.2 Å². The lowest BCUT2D eigenvalue weighted by Crippen LogP contribution is -2.41. The molecule has 0 bridgehead atoms. The zero-order valence-corrected chi connectivity index (χ0v) is 51.4. The maximum atomic E-state index is 13.5.